The van der Waals surface area contributed by atoms with Gasteiger partial charge in [-0.05, 0) is 49.2 Å². The number of aryl methyl sites for hydroxylation is 2. The van der Waals surface area contributed by atoms with E-state index in [2.05, 4.69) is 4.72 Å². The molecule has 0 saturated heterocycles. The summed E-state index contributed by atoms with van der Waals surface area (Å²) in [5.74, 6) is 0.572. The van der Waals surface area contributed by atoms with Crippen LogP contribution in [0.3, 0.4) is 0 Å². The van der Waals surface area contributed by atoms with Crippen LogP contribution in [-0.2, 0) is 10.0 Å². The molecule has 0 heterocycles. The molecule has 0 saturated carbocycles. The summed E-state index contributed by atoms with van der Waals surface area (Å²) in [5, 5.41) is 0. The average Bonchev–Trinajstić information content (AvgIpc) is 2.42. The second-order valence-corrected chi connectivity index (χ2v) is 6.46. The Morgan fingerprint density at radius 1 is 1.10 bits per heavy atom. The maximum Gasteiger partial charge on any atom is 0.263 e. The fourth-order valence-corrected chi connectivity index (χ4v) is 3.19. The van der Waals surface area contributed by atoms with E-state index in [1.165, 1.54) is 7.11 Å². The summed E-state index contributed by atoms with van der Waals surface area (Å²) < 4.78 is 32.5. The van der Waals surface area contributed by atoms with Crippen LogP contribution >= 0.6 is 0 Å². The number of hydrogen-bond donors (Lipinski definition) is 2. The monoisotopic (exact) mass is 306 g/mol. The van der Waals surface area contributed by atoms with E-state index in [4.69, 9.17) is 10.5 Å². The molecule has 2 aromatic rings. The Kier molecular flexibility index (Phi) is 4.09. The van der Waals surface area contributed by atoms with Gasteiger partial charge in [0.25, 0.3) is 10.0 Å². The zero-order valence-corrected chi connectivity index (χ0v) is 13.0. The van der Waals surface area contributed by atoms with Crippen LogP contribution in [-0.4, -0.2) is 15.5 Å². The molecular weight excluding hydrogens is 288 g/mol. The lowest BCUT2D eigenvalue weighted by atomic mass is 10.1. The molecule has 0 aliphatic carbocycles. The molecule has 0 aromatic heterocycles. The number of nitrogen functional groups attached to an aromatic ring is 1. The number of nitrogens with two attached hydrogens (primary N) is 1. The average molecular weight is 306 g/mol. The highest BCUT2D eigenvalue weighted by molar-refractivity contribution is 7.92. The van der Waals surface area contributed by atoms with E-state index < -0.39 is 10.0 Å². The molecule has 0 aliphatic rings. The van der Waals surface area contributed by atoms with Crippen molar-refractivity contribution < 1.29 is 13.2 Å². The van der Waals surface area contributed by atoms with Crippen LogP contribution in [0.2, 0.25) is 0 Å². The minimum atomic E-state index is -3.74. The number of sulfonamides is 1. The third kappa shape index (κ3) is 3.28. The summed E-state index contributed by atoms with van der Waals surface area (Å²) in [6.45, 7) is 3.73. The van der Waals surface area contributed by atoms with Crippen molar-refractivity contribution in [3.8, 4) is 5.75 Å². The molecule has 0 atom stereocenters. The van der Waals surface area contributed by atoms with E-state index >= 15 is 0 Å². The van der Waals surface area contributed by atoms with Gasteiger partial charge in [-0.25, -0.2) is 8.42 Å². The van der Waals surface area contributed by atoms with E-state index in [0.717, 1.165) is 11.1 Å². The van der Waals surface area contributed by atoms with Crippen LogP contribution in [0, 0.1) is 13.8 Å². The van der Waals surface area contributed by atoms with Gasteiger partial charge < -0.3 is 10.5 Å². The number of methoxy groups -OCH3 is 1. The number of nitrogens with one attached hydrogen (secondary N) is 1. The Morgan fingerprint density at radius 3 is 2.43 bits per heavy atom. The summed E-state index contributed by atoms with van der Waals surface area (Å²) in [6.07, 6.45) is 0. The molecule has 0 spiro atoms. The lowest BCUT2D eigenvalue weighted by Gasteiger charge is -2.13. The van der Waals surface area contributed by atoms with Gasteiger partial charge >= 0.3 is 0 Å². The normalized spacial score (nSPS) is 11.2. The SMILES string of the molecule is COc1cccc(NS(=O)(=O)c2cc(C)c(C)cc2N)c1. The third-order valence-electron chi connectivity index (χ3n) is 3.24. The van der Waals surface area contributed by atoms with Gasteiger partial charge in [0.2, 0.25) is 0 Å². The molecule has 2 rings (SSSR count). The van der Waals surface area contributed by atoms with Crippen LogP contribution in [0.15, 0.2) is 41.3 Å². The van der Waals surface area contributed by atoms with Gasteiger partial charge in [0.05, 0.1) is 18.5 Å². The topological polar surface area (TPSA) is 81.4 Å². The van der Waals surface area contributed by atoms with Gasteiger partial charge in [-0.15, -0.1) is 0 Å². The van der Waals surface area contributed by atoms with Crippen molar-refractivity contribution in [1.29, 1.82) is 0 Å². The van der Waals surface area contributed by atoms with Crippen molar-refractivity contribution in [3.63, 3.8) is 0 Å². The summed E-state index contributed by atoms with van der Waals surface area (Å²) >= 11 is 0. The van der Waals surface area contributed by atoms with Crippen molar-refractivity contribution in [1.82, 2.24) is 0 Å². The Hall–Kier alpha value is -2.21. The quantitative estimate of drug-likeness (QED) is 0.851. The molecule has 112 valence electrons. The van der Waals surface area contributed by atoms with Crippen LogP contribution in [0.5, 0.6) is 5.75 Å². The van der Waals surface area contributed by atoms with E-state index in [9.17, 15) is 8.42 Å². The Bertz CT molecular complexity index is 770. The lowest BCUT2D eigenvalue weighted by Crippen LogP contribution is -2.15. The second kappa shape index (κ2) is 5.65. The zero-order chi connectivity index (χ0) is 15.6. The first-order chi connectivity index (χ1) is 9.83. The van der Waals surface area contributed by atoms with E-state index in [-0.39, 0.29) is 10.6 Å². The maximum absolute atomic E-state index is 12.5. The molecule has 0 aliphatic heterocycles. The summed E-state index contributed by atoms with van der Waals surface area (Å²) in [4.78, 5) is 0.0772. The number of benzene rings is 2. The van der Waals surface area contributed by atoms with Crippen molar-refractivity contribution in [3.05, 3.63) is 47.5 Å². The van der Waals surface area contributed by atoms with Crippen LogP contribution < -0.4 is 15.2 Å². The highest BCUT2D eigenvalue weighted by Gasteiger charge is 2.18. The Labute approximate surface area is 124 Å². The van der Waals surface area contributed by atoms with Crippen molar-refractivity contribution >= 4 is 21.4 Å². The van der Waals surface area contributed by atoms with Crippen molar-refractivity contribution in [2.45, 2.75) is 18.7 Å². The van der Waals surface area contributed by atoms with Gasteiger partial charge in [0.15, 0.2) is 0 Å². The van der Waals surface area contributed by atoms with E-state index in [1.54, 1.807) is 36.4 Å². The smallest absolute Gasteiger partial charge is 0.263 e. The standard InChI is InChI=1S/C15H18N2O3S/c1-10-7-14(16)15(8-11(10)2)21(18,19)17-12-5-4-6-13(9-12)20-3/h4-9,17H,16H2,1-3H3. The second-order valence-electron chi connectivity index (χ2n) is 4.81. The molecule has 0 unspecified atom stereocenters. The molecule has 21 heavy (non-hydrogen) atoms. The summed E-state index contributed by atoms with van der Waals surface area (Å²) in [7, 11) is -2.22. The lowest BCUT2D eigenvalue weighted by molar-refractivity contribution is 0.415. The zero-order valence-electron chi connectivity index (χ0n) is 12.2. The molecule has 0 bridgehead atoms. The first-order valence-electron chi connectivity index (χ1n) is 6.37. The van der Waals surface area contributed by atoms with Crippen LogP contribution in [0.25, 0.3) is 0 Å². The fourth-order valence-electron chi connectivity index (χ4n) is 1.94. The largest absolute Gasteiger partial charge is 0.497 e. The number of ether oxygens (including phenoxy) is 1. The molecular formula is C15H18N2O3S. The van der Waals surface area contributed by atoms with E-state index in [0.29, 0.717) is 11.4 Å². The van der Waals surface area contributed by atoms with E-state index in [1.807, 2.05) is 13.8 Å². The predicted molar refractivity (Wildman–Crippen MR) is 84.1 cm³/mol. The van der Waals surface area contributed by atoms with Gasteiger partial charge in [-0.3, -0.25) is 4.72 Å². The molecule has 5 nitrogen and oxygen atoms in total. The van der Waals surface area contributed by atoms with Crippen molar-refractivity contribution in [2.24, 2.45) is 0 Å². The Morgan fingerprint density at radius 2 is 1.76 bits per heavy atom. The van der Waals surface area contributed by atoms with Crippen LogP contribution in [0.1, 0.15) is 11.1 Å². The molecule has 6 heteroatoms. The summed E-state index contributed by atoms with van der Waals surface area (Å²) in [6, 6.07) is 9.94. The summed E-state index contributed by atoms with van der Waals surface area (Å²) in [5.41, 5.74) is 8.32. The first-order valence-corrected chi connectivity index (χ1v) is 7.85. The highest BCUT2D eigenvalue weighted by Crippen LogP contribution is 2.26. The van der Waals surface area contributed by atoms with Gasteiger partial charge in [-0.1, -0.05) is 6.07 Å². The maximum atomic E-state index is 12.5. The van der Waals surface area contributed by atoms with Crippen LogP contribution in [0.4, 0.5) is 11.4 Å². The molecule has 0 amide bonds. The molecule has 3 N–H and O–H groups in total. The number of hydrogen-bond acceptors (Lipinski definition) is 4. The fraction of sp³-hybridized carbons (Fsp3) is 0.200. The number of anilines is 2. The molecule has 2 aromatic carbocycles. The predicted octanol–water partition coefficient (Wildman–Crippen LogP) is 2.70. The van der Waals surface area contributed by atoms with Gasteiger partial charge in [-0.2, -0.15) is 0 Å². The molecule has 0 radical (unpaired) electrons. The molecule has 0 fully saturated rings. The first kappa shape index (κ1) is 15.2. The Balaban J connectivity index is 2.40. The number of rotatable bonds is 4. The van der Waals surface area contributed by atoms with Gasteiger partial charge in [0, 0.05) is 6.07 Å². The highest BCUT2D eigenvalue weighted by atomic mass is 32.2. The minimum absolute atomic E-state index is 0.0772. The van der Waals surface area contributed by atoms with Crippen molar-refractivity contribution in [2.75, 3.05) is 17.6 Å². The van der Waals surface area contributed by atoms with Gasteiger partial charge in [0.1, 0.15) is 10.6 Å². The third-order valence-corrected chi connectivity index (χ3v) is 4.67. The minimum Gasteiger partial charge on any atom is -0.497 e.